The van der Waals surface area contributed by atoms with Gasteiger partial charge in [-0.15, -0.1) is 10.2 Å². The van der Waals surface area contributed by atoms with Gasteiger partial charge < -0.3 is 19.7 Å². The van der Waals surface area contributed by atoms with E-state index in [-0.39, 0.29) is 52.7 Å². The number of aromatic nitrogens is 5. The Balaban J connectivity index is 1.77. The van der Waals surface area contributed by atoms with Gasteiger partial charge in [0.2, 0.25) is 5.78 Å². The molecule has 0 saturated carbocycles. The first-order valence-corrected chi connectivity index (χ1v) is 9.25. The lowest BCUT2D eigenvalue weighted by atomic mass is 10.1. The number of amides is 1. The maximum atomic E-state index is 11.9. The molecule has 0 spiro atoms. The lowest BCUT2D eigenvalue weighted by Gasteiger charge is -1.99. The number of hydrogen-bond donors (Lipinski definition) is 2. The lowest BCUT2D eigenvalue weighted by molar-refractivity contribution is 0.0691. The molecule has 0 bridgehead atoms. The van der Waals surface area contributed by atoms with Crippen molar-refractivity contribution in [3.63, 3.8) is 0 Å². The van der Waals surface area contributed by atoms with E-state index in [2.05, 4.69) is 20.2 Å². The van der Waals surface area contributed by atoms with Crippen molar-refractivity contribution in [2.24, 2.45) is 5.73 Å². The van der Waals surface area contributed by atoms with E-state index in [1.165, 1.54) is 13.1 Å². The quantitative estimate of drug-likeness (QED) is 0.406. The molecule has 4 rings (SSSR count). The van der Waals surface area contributed by atoms with Crippen molar-refractivity contribution in [3.8, 4) is 22.9 Å². The molecule has 0 saturated heterocycles. The molecular weight excluding hydrogens is 420 g/mol. The van der Waals surface area contributed by atoms with Crippen molar-refractivity contribution < 1.29 is 28.3 Å². The van der Waals surface area contributed by atoms with Crippen LogP contribution in [-0.2, 0) is 6.54 Å². The van der Waals surface area contributed by atoms with E-state index in [0.29, 0.717) is 5.56 Å². The molecule has 0 radical (unpaired) electrons. The smallest absolute Gasteiger partial charge is 0.358 e. The van der Waals surface area contributed by atoms with Crippen molar-refractivity contribution >= 4 is 17.7 Å². The van der Waals surface area contributed by atoms with Crippen LogP contribution in [0.4, 0.5) is 0 Å². The van der Waals surface area contributed by atoms with Crippen LogP contribution in [0.2, 0.25) is 0 Å². The van der Waals surface area contributed by atoms with E-state index in [4.69, 9.17) is 14.6 Å². The number of carbonyl (C=O) groups excluding carboxylic acids is 2. The Bertz CT molecular complexity index is 1360. The number of aryl methyl sites for hydroxylation is 1. The van der Waals surface area contributed by atoms with Gasteiger partial charge in [-0.2, -0.15) is 9.78 Å². The average Bonchev–Trinajstić information content (AvgIpc) is 3.46. The zero-order valence-corrected chi connectivity index (χ0v) is 16.9. The predicted molar refractivity (Wildman–Crippen MR) is 107 cm³/mol. The average molecular weight is 436 g/mol. The van der Waals surface area contributed by atoms with Crippen LogP contribution in [0.1, 0.15) is 49.9 Å². The molecule has 0 aliphatic carbocycles. The Hall–Kier alpha value is -4.61. The van der Waals surface area contributed by atoms with Gasteiger partial charge in [-0.3, -0.25) is 9.59 Å². The van der Waals surface area contributed by atoms with Crippen molar-refractivity contribution in [2.45, 2.75) is 20.4 Å². The zero-order chi connectivity index (χ0) is 23.0. The highest BCUT2D eigenvalue weighted by atomic mass is 16.4. The molecule has 1 aromatic carbocycles. The fourth-order valence-corrected chi connectivity index (χ4v) is 2.96. The minimum Gasteiger partial charge on any atom is -0.476 e. The molecule has 0 aliphatic heterocycles. The molecule has 3 N–H and O–H groups in total. The van der Waals surface area contributed by atoms with Crippen LogP contribution in [-0.4, -0.2) is 47.7 Å². The number of ketones is 1. The van der Waals surface area contributed by atoms with Crippen LogP contribution in [0.25, 0.3) is 22.9 Å². The number of Topliss-reactive ketones (excluding diaryl/α,β-unsaturated/α-hetero) is 1. The minimum absolute atomic E-state index is 0.00232. The van der Waals surface area contributed by atoms with E-state index in [0.717, 1.165) is 10.4 Å². The number of oxazole rings is 2. The number of primary amides is 1. The summed E-state index contributed by atoms with van der Waals surface area (Å²) >= 11 is 0. The van der Waals surface area contributed by atoms with Crippen LogP contribution in [0, 0.1) is 6.92 Å². The number of aromatic carboxylic acids is 1. The highest BCUT2D eigenvalue weighted by Gasteiger charge is 2.27. The minimum atomic E-state index is -1.32. The first-order valence-electron chi connectivity index (χ1n) is 9.25. The Labute approximate surface area is 179 Å². The van der Waals surface area contributed by atoms with Crippen LogP contribution in [0.5, 0.6) is 0 Å². The summed E-state index contributed by atoms with van der Waals surface area (Å²) in [6.07, 6.45) is 1.33. The monoisotopic (exact) mass is 436 g/mol. The Morgan fingerprint density at radius 3 is 2.56 bits per heavy atom. The van der Waals surface area contributed by atoms with Gasteiger partial charge >= 0.3 is 5.97 Å². The summed E-state index contributed by atoms with van der Waals surface area (Å²) in [4.78, 5) is 43.9. The molecule has 0 atom stereocenters. The molecule has 12 heteroatoms. The molecule has 12 nitrogen and oxygen atoms in total. The Morgan fingerprint density at radius 2 is 1.94 bits per heavy atom. The molecule has 0 unspecified atom stereocenters. The Kier molecular flexibility index (Phi) is 5.10. The Morgan fingerprint density at radius 1 is 1.16 bits per heavy atom. The van der Waals surface area contributed by atoms with Gasteiger partial charge in [-0.25, -0.2) is 9.78 Å². The fraction of sp³-hybridized carbons (Fsp3) is 0.150. The second kappa shape index (κ2) is 7.91. The third kappa shape index (κ3) is 3.88. The predicted octanol–water partition coefficient (Wildman–Crippen LogP) is 1.94. The number of hydrogen-bond acceptors (Lipinski definition) is 9. The van der Waals surface area contributed by atoms with Crippen molar-refractivity contribution in [1.29, 1.82) is 0 Å². The van der Waals surface area contributed by atoms with Crippen molar-refractivity contribution in [2.75, 3.05) is 0 Å². The third-order valence-electron chi connectivity index (χ3n) is 4.35. The van der Waals surface area contributed by atoms with Gasteiger partial charge in [-0.1, -0.05) is 23.8 Å². The molecule has 0 fully saturated rings. The second-order valence-electron chi connectivity index (χ2n) is 6.85. The molecule has 3 heterocycles. The van der Waals surface area contributed by atoms with Gasteiger partial charge in [0.25, 0.3) is 17.7 Å². The first-order chi connectivity index (χ1) is 15.2. The standard InChI is InChI=1S/C20H16N6O6/c1-9-4-3-5-11(6-9)16-15(20(29)30)23-19(32-16)14-13(17(21)28)24-26(25-14)8-12-7-22-18(31-12)10(2)27/h3-7H,8H2,1-2H3,(H2,21,28)(H,29,30). The fourth-order valence-electron chi connectivity index (χ4n) is 2.96. The SMILES string of the molecule is CC(=O)c1ncc(Cn2nc(C(N)=O)c(-c3nc(C(=O)O)c(-c4cccc(C)c4)o3)n2)o1. The van der Waals surface area contributed by atoms with Gasteiger partial charge in [0, 0.05) is 12.5 Å². The topological polar surface area (TPSA) is 180 Å². The number of nitrogens with two attached hydrogens (primary N) is 1. The highest BCUT2D eigenvalue weighted by Crippen LogP contribution is 2.30. The third-order valence-corrected chi connectivity index (χ3v) is 4.35. The number of carboxylic acid groups (broad SMARTS) is 1. The van der Waals surface area contributed by atoms with Crippen molar-refractivity contribution in [1.82, 2.24) is 25.0 Å². The summed E-state index contributed by atoms with van der Waals surface area (Å²) in [7, 11) is 0. The van der Waals surface area contributed by atoms with Crippen LogP contribution < -0.4 is 5.73 Å². The van der Waals surface area contributed by atoms with E-state index < -0.39 is 11.9 Å². The second-order valence-corrected chi connectivity index (χ2v) is 6.85. The van der Waals surface area contributed by atoms with Crippen LogP contribution >= 0.6 is 0 Å². The maximum absolute atomic E-state index is 11.9. The maximum Gasteiger partial charge on any atom is 0.358 e. The lowest BCUT2D eigenvalue weighted by Crippen LogP contribution is -2.13. The normalized spacial score (nSPS) is 10.9. The highest BCUT2D eigenvalue weighted by molar-refractivity contribution is 5.97. The van der Waals surface area contributed by atoms with Crippen molar-refractivity contribution in [3.05, 3.63) is 59.1 Å². The number of carboxylic acids is 1. The summed E-state index contributed by atoms with van der Waals surface area (Å²) < 4.78 is 11.0. The van der Waals surface area contributed by atoms with Gasteiger partial charge in [0.05, 0.1) is 6.20 Å². The number of benzene rings is 1. The summed E-state index contributed by atoms with van der Waals surface area (Å²) in [6.45, 7) is 3.08. The van der Waals surface area contributed by atoms with E-state index >= 15 is 0 Å². The first kappa shape index (κ1) is 20.7. The molecule has 32 heavy (non-hydrogen) atoms. The van der Waals surface area contributed by atoms with Gasteiger partial charge in [0.15, 0.2) is 22.8 Å². The molecule has 3 aromatic heterocycles. The van der Waals surface area contributed by atoms with E-state index in [9.17, 15) is 19.5 Å². The van der Waals surface area contributed by atoms with Crippen LogP contribution in [0.3, 0.4) is 0 Å². The molecule has 4 aromatic rings. The van der Waals surface area contributed by atoms with E-state index in [1.54, 1.807) is 18.2 Å². The summed E-state index contributed by atoms with van der Waals surface area (Å²) in [6, 6.07) is 7.00. The summed E-state index contributed by atoms with van der Waals surface area (Å²) in [5, 5.41) is 17.8. The molecule has 1 amide bonds. The number of nitrogens with zero attached hydrogens (tertiary/aromatic N) is 5. The van der Waals surface area contributed by atoms with Gasteiger partial charge in [0.1, 0.15) is 12.3 Å². The summed E-state index contributed by atoms with van der Waals surface area (Å²) in [5.41, 5.74) is 6.04. The molecule has 162 valence electrons. The number of rotatable bonds is 7. The van der Waals surface area contributed by atoms with Crippen LogP contribution in [0.15, 0.2) is 39.3 Å². The molecular formula is C20H16N6O6. The van der Waals surface area contributed by atoms with Gasteiger partial charge in [-0.05, 0) is 13.0 Å². The molecule has 0 aliphatic rings. The zero-order valence-electron chi connectivity index (χ0n) is 16.9. The number of carbonyl (C=O) groups is 3. The van der Waals surface area contributed by atoms with E-state index in [1.807, 2.05) is 13.0 Å². The largest absolute Gasteiger partial charge is 0.476 e. The summed E-state index contributed by atoms with van der Waals surface area (Å²) in [5.74, 6) is -2.64.